The van der Waals surface area contributed by atoms with Crippen LogP contribution in [0, 0.1) is 6.92 Å². The zero-order valence-corrected chi connectivity index (χ0v) is 18.6. The number of amides is 1. The van der Waals surface area contributed by atoms with Gasteiger partial charge in [-0.3, -0.25) is 13.9 Å². The van der Waals surface area contributed by atoms with Crippen LogP contribution in [0.25, 0.3) is 11.2 Å². The molecule has 7 heteroatoms. The lowest BCUT2D eigenvalue weighted by molar-refractivity contribution is 0.0952. The third-order valence-electron chi connectivity index (χ3n) is 5.46. The van der Waals surface area contributed by atoms with E-state index in [1.54, 1.807) is 27.5 Å². The van der Waals surface area contributed by atoms with Crippen molar-refractivity contribution in [1.29, 1.82) is 0 Å². The fourth-order valence-electron chi connectivity index (χ4n) is 3.79. The summed E-state index contributed by atoms with van der Waals surface area (Å²) in [5.74, 6) is -0.167. The van der Waals surface area contributed by atoms with Gasteiger partial charge in [0.25, 0.3) is 5.91 Å². The minimum absolute atomic E-state index is 0.134. The largest absolute Gasteiger partial charge is 0.378 e. The molecule has 1 N–H and O–H groups in total. The predicted octanol–water partition coefficient (Wildman–Crippen LogP) is 3.05. The molecule has 4 rings (SSSR count). The SMILES string of the molecule is Cc1cccc(Cn2c(=O)n(CCNC(=O)c3ccc(N(C)C)cc3)c3ncccc32)c1. The summed E-state index contributed by atoms with van der Waals surface area (Å²) in [5, 5.41) is 2.91. The van der Waals surface area contributed by atoms with E-state index in [2.05, 4.69) is 16.4 Å². The molecule has 0 aliphatic rings. The van der Waals surface area contributed by atoms with Crippen LogP contribution in [0.4, 0.5) is 5.69 Å². The summed E-state index contributed by atoms with van der Waals surface area (Å²) in [6.45, 7) is 3.18. The maximum Gasteiger partial charge on any atom is 0.330 e. The summed E-state index contributed by atoms with van der Waals surface area (Å²) < 4.78 is 3.36. The summed E-state index contributed by atoms with van der Waals surface area (Å²) in [6, 6.07) is 19.3. The van der Waals surface area contributed by atoms with Crippen molar-refractivity contribution in [2.75, 3.05) is 25.5 Å². The number of nitrogens with zero attached hydrogens (tertiary/aromatic N) is 4. The Kier molecular flexibility index (Phi) is 6.07. The third-order valence-corrected chi connectivity index (χ3v) is 5.46. The summed E-state index contributed by atoms with van der Waals surface area (Å²) in [7, 11) is 3.91. The quantitative estimate of drug-likeness (QED) is 0.490. The molecule has 164 valence electrons. The molecule has 0 atom stereocenters. The molecule has 0 saturated carbocycles. The van der Waals surface area contributed by atoms with Gasteiger partial charge in [-0.25, -0.2) is 9.78 Å². The van der Waals surface area contributed by atoms with Gasteiger partial charge in [-0.05, 0) is 48.9 Å². The van der Waals surface area contributed by atoms with E-state index in [1.165, 1.54) is 0 Å². The Morgan fingerprint density at radius 3 is 2.53 bits per heavy atom. The molecule has 0 bridgehead atoms. The van der Waals surface area contributed by atoms with E-state index in [-0.39, 0.29) is 11.6 Å². The van der Waals surface area contributed by atoms with Crippen molar-refractivity contribution in [3.63, 3.8) is 0 Å². The lowest BCUT2D eigenvalue weighted by Crippen LogP contribution is -2.32. The van der Waals surface area contributed by atoms with Crippen LogP contribution < -0.4 is 15.9 Å². The minimum Gasteiger partial charge on any atom is -0.378 e. The Morgan fingerprint density at radius 2 is 1.81 bits per heavy atom. The topological polar surface area (TPSA) is 72.2 Å². The molecule has 2 aromatic carbocycles. The maximum atomic E-state index is 13.2. The van der Waals surface area contributed by atoms with E-state index in [9.17, 15) is 9.59 Å². The second kappa shape index (κ2) is 9.09. The number of aromatic nitrogens is 3. The van der Waals surface area contributed by atoms with Crippen LogP contribution in [0.1, 0.15) is 21.5 Å². The van der Waals surface area contributed by atoms with Crippen molar-refractivity contribution in [2.45, 2.75) is 20.0 Å². The third kappa shape index (κ3) is 4.42. The first-order chi connectivity index (χ1) is 15.4. The molecule has 0 fully saturated rings. The van der Waals surface area contributed by atoms with Crippen LogP contribution in [-0.2, 0) is 13.1 Å². The Balaban J connectivity index is 1.51. The molecular formula is C25H27N5O2. The summed E-state index contributed by atoms with van der Waals surface area (Å²) in [5.41, 5.74) is 5.09. The summed E-state index contributed by atoms with van der Waals surface area (Å²) >= 11 is 0. The number of imidazole rings is 1. The van der Waals surface area contributed by atoms with E-state index in [0.717, 1.165) is 22.3 Å². The van der Waals surface area contributed by atoms with Gasteiger partial charge in [-0.1, -0.05) is 29.8 Å². The monoisotopic (exact) mass is 429 g/mol. The standard InChI is InChI=1S/C25H27N5O2/c1-18-6-4-7-19(16-18)17-30-22-8-5-13-26-23(22)29(25(30)32)15-14-27-24(31)20-9-11-21(12-10-20)28(2)3/h4-13,16H,14-15,17H2,1-3H3,(H,27,31). The highest BCUT2D eigenvalue weighted by Gasteiger charge is 2.15. The number of rotatable bonds is 7. The first-order valence-electron chi connectivity index (χ1n) is 10.6. The number of hydrogen-bond acceptors (Lipinski definition) is 4. The van der Waals surface area contributed by atoms with Crippen LogP contribution in [0.2, 0.25) is 0 Å². The van der Waals surface area contributed by atoms with E-state index >= 15 is 0 Å². The Labute approximate surface area is 186 Å². The summed E-state index contributed by atoms with van der Waals surface area (Å²) in [6.07, 6.45) is 1.68. The van der Waals surface area contributed by atoms with Crippen molar-refractivity contribution in [3.05, 3.63) is 94.0 Å². The van der Waals surface area contributed by atoms with Gasteiger partial charge in [0.15, 0.2) is 5.65 Å². The lowest BCUT2D eigenvalue weighted by Gasteiger charge is -2.12. The number of pyridine rings is 1. The molecule has 1 amide bonds. The van der Waals surface area contributed by atoms with E-state index in [4.69, 9.17) is 0 Å². The number of carbonyl (C=O) groups excluding carboxylic acids is 1. The molecule has 0 aliphatic carbocycles. The number of fused-ring (bicyclic) bond motifs is 1. The van der Waals surface area contributed by atoms with Gasteiger partial charge < -0.3 is 10.2 Å². The first-order valence-corrected chi connectivity index (χ1v) is 10.6. The van der Waals surface area contributed by atoms with E-state index < -0.39 is 0 Å². The van der Waals surface area contributed by atoms with Gasteiger partial charge in [-0.2, -0.15) is 0 Å². The number of hydrogen-bond donors (Lipinski definition) is 1. The van der Waals surface area contributed by atoms with Crippen molar-refractivity contribution >= 4 is 22.8 Å². The maximum absolute atomic E-state index is 13.2. The molecule has 2 heterocycles. The van der Waals surface area contributed by atoms with Gasteiger partial charge >= 0.3 is 5.69 Å². The number of nitrogens with one attached hydrogen (secondary N) is 1. The van der Waals surface area contributed by atoms with Gasteiger partial charge in [0.2, 0.25) is 0 Å². The number of anilines is 1. The lowest BCUT2D eigenvalue weighted by atomic mass is 10.1. The molecule has 7 nitrogen and oxygen atoms in total. The van der Waals surface area contributed by atoms with Crippen molar-refractivity contribution in [1.82, 2.24) is 19.4 Å². The molecule has 0 saturated heterocycles. The molecular weight excluding hydrogens is 402 g/mol. The zero-order valence-electron chi connectivity index (χ0n) is 18.6. The molecule has 0 unspecified atom stereocenters. The van der Waals surface area contributed by atoms with Crippen molar-refractivity contribution in [3.8, 4) is 0 Å². The Hall–Kier alpha value is -3.87. The van der Waals surface area contributed by atoms with E-state index in [0.29, 0.717) is 30.8 Å². The highest BCUT2D eigenvalue weighted by atomic mass is 16.2. The van der Waals surface area contributed by atoms with Crippen LogP contribution in [0.3, 0.4) is 0 Å². The van der Waals surface area contributed by atoms with Gasteiger partial charge in [0.05, 0.1) is 12.1 Å². The van der Waals surface area contributed by atoms with Crippen molar-refractivity contribution in [2.24, 2.45) is 0 Å². The Bertz CT molecular complexity index is 1300. The van der Waals surface area contributed by atoms with Gasteiger partial charge in [-0.15, -0.1) is 0 Å². The highest BCUT2D eigenvalue weighted by molar-refractivity contribution is 5.94. The van der Waals surface area contributed by atoms with Crippen molar-refractivity contribution < 1.29 is 4.79 Å². The van der Waals surface area contributed by atoms with Crippen LogP contribution >= 0.6 is 0 Å². The second-order valence-corrected chi connectivity index (χ2v) is 8.05. The van der Waals surface area contributed by atoms with Crippen LogP contribution in [0.15, 0.2) is 71.7 Å². The number of carbonyl (C=O) groups is 1. The van der Waals surface area contributed by atoms with E-state index in [1.807, 2.05) is 68.4 Å². The molecule has 4 aromatic rings. The molecule has 2 aromatic heterocycles. The predicted molar refractivity (Wildman–Crippen MR) is 127 cm³/mol. The first kappa shape index (κ1) is 21.4. The summed E-state index contributed by atoms with van der Waals surface area (Å²) in [4.78, 5) is 32.1. The average Bonchev–Trinajstić information content (AvgIpc) is 3.05. The van der Waals surface area contributed by atoms with Gasteiger partial charge in [0.1, 0.15) is 0 Å². The Morgan fingerprint density at radius 1 is 1.03 bits per heavy atom. The molecule has 0 spiro atoms. The fraction of sp³-hybridized carbons (Fsp3) is 0.240. The normalized spacial score (nSPS) is 11.0. The van der Waals surface area contributed by atoms with Crippen LogP contribution in [-0.4, -0.2) is 40.7 Å². The highest BCUT2D eigenvalue weighted by Crippen LogP contribution is 2.14. The molecule has 0 radical (unpaired) electrons. The van der Waals surface area contributed by atoms with Gasteiger partial charge in [0, 0.05) is 44.6 Å². The number of aryl methyl sites for hydroxylation is 1. The smallest absolute Gasteiger partial charge is 0.330 e. The molecule has 32 heavy (non-hydrogen) atoms. The minimum atomic E-state index is -0.167. The zero-order chi connectivity index (χ0) is 22.7. The fourth-order valence-corrected chi connectivity index (χ4v) is 3.79. The second-order valence-electron chi connectivity index (χ2n) is 8.05. The molecule has 0 aliphatic heterocycles. The average molecular weight is 430 g/mol. The van der Waals surface area contributed by atoms with Crippen LogP contribution in [0.5, 0.6) is 0 Å². The number of benzene rings is 2.